The van der Waals surface area contributed by atoms with Crippen molar-refractivity contribution in [3.05, 3.63) is 0 Å². The summed E-state index contributed by atoms with van der Waals surface area (Å²) in [6, 6.07) is -0.636. The Morgan fingerprint density at radius 1 is 1.21 bits per heavy atom. The van der Waals surface area contributed by atoms with Crippen LogP contribution >= 0.6 is 0 Å². The van der Waals surface area contributed by atoms with Crippen LogP contribution < -0.4 is 5.32 Å². The minimum Gasteiger partial charge on any atom is -0.355 e. The summed E-state index contributed by atoms with van der Waals surface area (Å²) in [5.41, 5.74) is 0. The molecule has 0 saturated heterocycles. The van der Waals surface area contributed by atoms with Gasteiger partial charge in [-0.05, 0) is 6.92 Å². The van der Waals surface area contributed by atoms with E-state index in [1.165, 1.54) is 21.1 Å². The van der Waals surface area contributed by atoms with Gasteiger partial charge in [-0.2, -0.15) is 13.2 Å². The maximum atomic E-state index is 11.9. The molecule has 0 bridgehead atoms. The van der Waals surface area contributed by atoms with Crippen LogP contribution in [0.25, 0.3) is 0 Å². The summed E-state index contributed by atoms with van der Waals surface area (Å²) in [5, 5.41) is 2.67. The molecule has 0 aliphatic carbocycles. The molecule has 1 atom stereocenters. The molecule has 14 heavy (non-hydrogen) atoms. The number of ether oxygens (including phenoxy) is 2. The van der Waals surface area contributed by atoms with Crippen molar-refractivity contribution in [3.63, 3.8) is 0 Å². The standard InChI is InChI=1S/C8H16F3NO2/c1-6(4-8(9,10)11)12-5-7(13-2)14-3/h6-7,12H,4-5H2,1-3H3. The van der Waals surface area contributed by atoms with Gasteiger partial charge in [-0.3, -0.25) is 0 Å². The van der Waals surface area contributed by atoms with Gasteiger partial charge in [-0.15, -0.1) is 0 Å². The third kappa shape index (κ3) is 7.11. The number of hydrogen-bond acceptors (Lipinski definition) is 3. The molecule has 0 aliphatic heterocycles. The van der Waals surface area contributed by atoms with E-state index in [2.05, 4.69) is 5.32 Å². The minimum atomic E-state index is -4.14. The second-order valence-electron chi connectivity index (χ2n) is 3.03. The molecule has 0 aromatic rings. The van der Waals surface area contributed by atoms with Crippen LogP contribution in [0.5, 0.6) is 0 Å². The summed E-state index contributed by atoms with van der Waals surface area (Å²) < 4.78 is 45.3. The highest BCUT2D eigenvalue weighted by molar-refractivity contribution is 4.66. The predicted molar refractivity (Wildman–Crippen MR) is 45.9 cm³/mol. The zero-order chi connectivity index (χ0) is 11.2. The molecule has 3 nitrogen and oxygen atoms in total. The van der Waals surface area contributed by atoms with E-state index in [0.29, 0.717) is 0 Å². The Bertz CT molecular complexity index is 148. The van der Waals surface area contributed by atoms with Crippen molar-refractivity contribution in [2.24, 2.45) is 0 Å². The molecular weight excluding hydrogens is 199 g/mol. The molecule has 1 N–H and O–H groups in total. The molecule has 0 aliphatic rings. The Kier molecular flexibility index (Phi) is 6.06. The van der Waals surface area contributed by atoms with Crippen LogP contribution in [0.4, 0.5) is 13.2 Å². The fraction of sp³-hybridized carbons (Fsp3) is 1.00. The van der Waals surface area contributed by atoms with Gasteiger partial charge in [-0.25, -0.2) is 0 Å². The van der Waals surface area contributed by atoms with Gasteiger partial charge in [0.2, 0.25) is 0 Å². The van der Waals surface area contributed by atoms with Gasteiger partial charge in [0.15, 0.2) is 6.29 Å². The van der Waals surface area contributed by atoms with Gasteiger partial charge in [0.1, 0.15) is 0 Å². The van der Waals surface area contributed by atoms with Crippen LogP contribution in [-0.2, 0) is 9.47 Å². The van der Waals surface area contributed by atoms with Crippen molar-refractivity contribution >= 4 is 0 Å². The normalized spacial score (nSPS) is 14.8. The summed E-state index contributed by atoms with van der Waals surface area (Å²) in [7, 11) is 2.87. The summed E-state index contributed by atoms with van der Waals surface area (Å²) in [6.45, 7) is 1.71. The Morgan fingerprint density at radius 3 is 2.07 bits per heavy atom. The van der Waals surface area contributed by atoms with E-state index < -0.39 is 24.9 Å². The molecule has 0 aromatic heterocycles. The van der Waals surface area contributed by atoms with E-state index in [1.54, 1.807) is 0 Å². The SMILES string of the molecule is COC(CNC(C)CC(F)(F)F)OC. The fourth-order valence-corrected chi connectivity index (χ4v) is 0.980. The van der Waals surface area contributed by atoms with Gasteiger partial charge in [-0.1, -0.05) is 0 Å². The van der Waals surface area contributed by atoms with Crippen LogP contribution in [0.1, 0.15) is 13.3 Å². The number of nitrogens with one attached hydrogen (secondary N) is 1. The maximum absolute atomic E-state index is 11.9. The largest absolute Gasteiger partial charge is 0.390 e. The minimum absolute atomic E-state index is 0.240. The molecular formula is C8H16F3NO2. The Hall–Kier alpha value is -0.330. The van der Waals surface area contributed by atoms with Gasteiger partial charge in [0.05, 0.1) is 6.42 Å². The van der Waals surface area contributed by atoms with Crippen LogP contribution in [0.3, 0.4) is 0 Å². The lowest BCUT2D eigenvalue weighted by atomic mass is 10.2. The summed E-state index contributed by atoms with van der Waals surface area (Å²) in [4.78, 5) is 0. The summed E-state index contributed by atoms with van der Waals surface area (Å²) >= 11 is 0. The molecule has 0 amide bonds. The average molecular weight is 215 g/mol. The average Bonchev–Trinajstić information content (AvgIpc) is 2.03. The van der Waals surface area contributed by atoms with Gasteiger partial charge in [0.25, 0.3) is 0 Å². The van der Waals surface area contributed by atoms with E-state index in [0.717, 1.165) is 0 Å². The highest BCUT2D eigenvalue weighted by Gasteiger charge is 2.29. The summed E-state index contributed by atoms with van der Waals surface area (Å²) in [5.74, 6) is 0. The smallest absolute Gasteiger partial charge is 0.355 e. The second-order valence-corrected chi connectivity index (χ2v) is 3.03. The third-order valence-corrected chi connectivity index (χ3v) is 1.70. The van der Waals surface area contributed by atoms with Gasteiger partial charge < -0.3 is 14.8 Å². The molecule has 0 rings (SSSR count). The Labute approximate surface area is 81.6 Å². The topological polar surface area (TPSA) is 30.5 Å². The Morgan fingerprint density at radius 2 is 1.71 bits per heavy atom. The van der Waals surface area contributed by atoms with Crippen molar-refractivity contribution in [3.8, 4) is 0 Å². The number of hydrogen-bond donors (Lipinski definition) is 1. The molecule has 0 aromatic carbocycles. The highest BCUT2D eigenvalue weighted by Crippen LogP contribution is 2.21. The van der Waals surface area contributed by atoms with Crippen LogP contribution in [0.15, 0.2) is 0 Å². The lowest BCUT2D eigenvalue weighted by Crippen LogP contribution is -2.37. The first-order valence-corrected chi connectivity index (χ1v) is 4.24. The van der Waals surface area contributed by atoms with Crippen molar-refractivity contribution in [1.82, 2.24) is 5.32 Å². The molecule has 0 saturated carbocycles. The highest BCUT2D eigenvalue weighted by atomic mass is 19.4. The van der Waals surface area contributed by atoms with E-state index in [1.807, 2.05) is 0 Å². The first-order chi connectivity index (χ1) is 6.39. The first kappa shape index (κ1) is 13.7. The molecule has 86 valence electrons. The summed E-state index contributed by atoms with van der Waals surface area (Å²) in [6.07, 6.45) is -5.50. The van der Waals surface area contributed by atoms with Crippen molar-refractivity contribution < 1.29 is 22.6 Å². The van der Waals surface area contributed by atoms with E-state index in [4.69, 9.17) is 9.47 Å². The van der Waals surface area contributed by atoms with E-state index in [9.17, 15) is 13.2 Å². The monoisotopic (exact) mass is 215 g/mol. The number of halogens is 3. The van der Waals surface area contributed by atoms with Gasteiger partial charge >= 0.3 is 6.18 Å². The fourth-order valence-electron chi connectivity index (χ4n) is 0.980. The predicted octanol–water partition coefficient (Wildman–Crippen LogP) is 1.54. The van der Waals surface area contributed by atoms with Crippen LogP contribution in [0, 0.1) is 0 Å². The molecule has 1 unspecified atom stereocenters. The van der Waals surface area contributed by atoms with Gasteiger partial charge in [0, 0.05) is 26.8 Å². The zero-order valence-corrected chi connectivity index (χ0v) is 8.52. The Balaban J connectivity index is 3.67. The van der Waals surface area contributed by atoms with Crippen molar-refractivity contribution in [1.29, 1.82) is 0 Å². The van der Waals surface area contributed by atoms with E-state index >= 15 is 0 Å². The number of alkyl halides is 3. The van der Waals surface area contributed by atoms with Crippen molar-refractivity contribution in [2.75, 3.05) is 20.8 Å². The first-order valence-electron chi connectivity index (χ1n) is 4.24. The van der Waals surface area contributed by atoms with E-state index in [-0.39, 0.29) is 6.54 Å². The zero-order valence-electron chi connectivity index (χ0n) is 8.52. The molecule has 0 heterocycles. The molecule has 0 fully saturated rings. The lowest BCUT2D eigenvalue weighted by molar-refractivity contribution is -0.141. The number of rotatable bonds is 6. The van der Waals surface area contributed by atoms with Crippen LogP contribution in [-0.4, -0.2) is 39.3 Å². The second kappa shape index (κ2) is 6.21. The number of methoxy groups -OCH3 is 2. The van der Waals surface area contributed by atoms with Crippen LogP contribution in [0.2, 0.25) is 0 Å². The maximum Gasteiger partial charge on any atom is 0.390 e. The molecule has 0 radical (unpaired) electrons. The quantitative estimate of drug-likeness (QED) is 0.682. The lowest BCUT2D eigenvalue weighted by Gasteiger charge is -2.19. The molecule has 0 spiro atoms. The van der Waals surface area contributed by atoms with Crippen molar-refractivity contribution in [2.45, 2.75) is 31.9 Å². The third-order valence-electron chi connectivity index (χ3n) is 1.70. The molecule has 6 heteroatoms.